The smallest absolute Gasteiger partial charge is 0.313 e. The molecule has 1 fully saturated rings. The third kappa shape index (κ3) is 1.44. The third-order valence-corrected chi connectivity index (χ3v) is 4.84. The normalized spacial score (nSPS) is 32.9. The molecule has 76 valence electrons. The second-order valence-corrected chi connectivity index (χ2v) is 5.74. The number of carboxylic acid groups (broad SMARTS) is 1. The minimum atomic E-state index is -3.33. The molecule has 0 amide bonds. The monoisotopic (exact) mass is 208 g/mol. The second kappa shape index (κ2) is 2.95. The Bertz CT molecular complexity index is 320. The van der Waals surface area contributed by atoms with Gasteiger partial charge in [-0.05, 0) is 6.42 Å². The predicted octanol–water partition coefficient (Wildman–Crippen LogP) is -0.743. The van der Waals surface area contributed by atoms with E-state index in [1.165, 1.54) is 6.92 Å². The van der Waals surface area contributed by atoms with E-state index in [0.717, 1.165) is 0 Å². The van der Waals surface area contributed by atoms with Crippen LogP contribution in [0.4, 0.5) is 0 Å². The lowest BCUT2D eigenvalue weighted by Gasteiger charge is -2.07. The molecule has 2 N–H and O–H groups in total. The summed E-state index contributed by atoms with van der Waals surface area (Å²) in [6.07, 6.45) is 0.0367. The van der Waals surface area contributed by atoms with Gasteiger partial charge < -0.3 is 10.2 Å². The Morgan fingerprint density at radius 3 is 2.38 bits per heavy atom. The fourth-order valence-corrected chi connectivity index (χ4v) is 3.22. The number of hydrogen-bond donors (Lipinski definition) is 2. The molecule has 1 saturated carbocycles. The number of hydrogen-bond acceptors (Lipinski definition) is 4. The van der Waals surface area contributed by atoms with Crippen molar-refractivity contribution < 1.29 is 23.4 Å². The Balaban J connectivity index is 2.89. The first-order chi connectivity index (χ1) is 5.90. The molecule has 13 heavy (non-hydrogen) atoms. The summed E-state index contributed by atoms with van der Waals surface area (Å²) in [6, 6.07) is 0. The molecule has 5 nitrogen and oxygen atoms in total. The van der Waals surface area contributed by atoms with Crippen LogP contribution in [0.1, 0.15) is 13.3 Å². The summed E-state index contributed by atoms with van der Waals surface area (Å²) in [4.78, 5) is 10.7. The largest absolute Gasteiger partial charge is 0.481 e. The first-order valence-corrected chi connectivity index (χ1v) is 5.68. The first-order valence-electron chi connectivity index (χ1n) is 3.96. The van der Waals surface area contributed by atoms with Crippen molar-refractivity contribution in [2.75, 3.05) is 12.4 Å². The molecule has 0 spiro atoms. The van der Waals surface area contributed by atoms with E-state index in [1.807, 2.05) is 0 Å². The number of aliphatic hydroxyl groups is 1. The second-order valence-electron chi connectivity index (χ2n) is 3.26. The predicted molar refractivity (Wildman–Crippen MR) is 45.0 cm³/mol. The molecule has 0 aromatic carbocycles. The van der Waals surface area contributed by atoms with Crippen LogP contribution in [0.25, 0.3) is 0 Å². The minimum Gasteiger partial charge on any atom is -0.481 e. The van der Waals surface area contributed by atoms with Gasteiger partial charge in [0.1, 0.15) is 5.41 Å². The summed E-state index contributed by atoms with van der Waals surface area (Å²) in [5.41, 5.74) is -1.42. The van der Waals surface area contributed by atoms with Crippen LogP contribution in [0.2, 0.25) is 0 Å². The Morgan fingerprint density at radius 2 is 2.15 bits per heavy atom. The van der Waals surface area contributed by atoms with Gasteiger partial charge in [-0.15, -0.1) is 0 Å². The zero-order valence-electron chi connectivity index (χ0n) is 7.23. The van der Waals surface area contributed by atoms with E-state index >= 15 is 0 Å². The molecule has 0 radical (unpaired) electrons. The van der Waals surface area contributed by atoms with E-state index in [4.69, 9.17) is 10.2 Å². The fourth-order valence-electron chi connectivity index (χ4n) is 1.40. The molecule has 1 aliphatic rings. The number of aliphatic carboxylic acids is 1. The average molecular weight is 208 g/mol. The fraction of sp³-hybridized carbons (Fsp3) is 0.857. The number of sulfone groups is 1. The van der Waals surface area contributed by atoms with Crippen molar-refractivity contribution in [2.24, 2.45) is 5.41 Å². The number of aliphatic hydroxyl groups excluding tert-OH is 1. The van der Waals surface area contributed by atoms with Gasteiger partial charge in [-0.1, -0.05) is 6.92 Å². The van der Waals surface area contributed by atoms with Gasteiger partial charge in [-0.3, -0.25) is 4.79 Å². The summed E-state index contributed by atoms with van der Waals surface area (Å²) in [5.74, 6) is -1.30. The molecule has 0 saturated heterocycles. The SMILES string of the molecule is CCS(=O)(=O)[C@H]1C[C@@]1(CO)C(=O)O. The van der Waals surface area contributed by atoms with Crippen molar-refractivity contribution in [3.05, 3.63) is 0 Å². The van der Waals surface area contributed by atoms with E-state index in [1.54, 1.807) is 0 Å². The summed E-state index contributed by atoms with van der Waals surface area (Å²) in [5, 5.41) is 16.6. The maximum atomic E-state index is 11.3. The van der Waals surface area contributed by atoms with E-state index in [9.17, 15) is 13.2 Å². The molecule has 6 heteroatoms. The molecule has 0 aromatic heterocycles. The maximum Gasteiger partial charge on any atom is 0.313 e. The molecule has 0 bridgehead atoms. The van der Waals surface area contributed by atoms with Crippen molar-refractivity contribution in [3.8, 4) is 0 Å². The van der Waals surface area contributed by atoms with Crippen LogP contribution in [-0.4, -0.2) is 42.2 Å². The summed E-state index contributed by atoms with van der Waals surface area (Å²) in [6.45, 7) is 0.865. The number of rotatable bonds is 4. The van der Waals surface area contributed by atoms with Crippen molar-refractivity contribution in [1.29, 1.82) is 0 Å². The Labute approximate surface area is 76.3 Å². The lowest BCUT2D eigenvalue weighted by atomic mass is 10.1. The molecule has 0 aromatic rings. The van der Waals surface area contributed by atoms with Crippen molar-refractivity contribution in [1.82, 2.24) is 0 Å². The van der Waals surface area contributed by atoms with E-state index < -0.39 is 33.1 Å². The zero-order chi connectivity index (χ0) is 10.3. The molecular formula is C7H12O5S. The highest BCUT2D eigenvalue weighted by Gasteiger charge is 2.65. The van der Waals surface area contributed by atoms with Crippen molar-refractivity contribution in [3.63, 3.8) is 0 Å². The van der Waals surface area contributed by atoms with Gasteiger partial charge in [0.2, 0.25) is 0 Å². The average Bonchev–Trinajstić information content (AvgIpc) is 2.80. The Hall–Kier alpha value is -0.620. The van der Waals surface area contributed by atoms with Crippen LogP contribution in [0.15, 0.2) is 0 Å². The van der Waals surface area contributed by atoms with Gasteiger partial charge in [-0.2, -0.15) is 0 Å². The van der Waals surface area contributed by atoms with Gasteiger partial charge in [0, 0.05) is 5.75 Å². The summed E-state index contributed by atoms with van der Waals surface area (Å²) in [7, 11) is -3.33. The number of carbonyl (C=O) groups is 1. The topological polar surface area (TPSA) is 91.7 Å². The maximum absolute atomic E-state index is 11.3. The highest BCUT2D eigenvalue weighted by molar-refractivity contribution is 7.92. The molecule has 0 aliphatic heterocycles. The summed E-state index contributed by atoms with van der Waals surface area (Å²) < 4.78 is 22.5. The molecule has 1 rings (SSSR count). The van der Waals surface area contributed by atoms with Gasteiger partial charge in [0.15, 0.2) is 9.84 Å². The lowest BCUT2D eigenvalue weighted by molar-refractivity contribution is -0.144. The molecule has 2 atom stereocenters. The van der Waals surface area contributed by atoms with Crippen LogP contribution in [0.5, 0.6) is 0 Å². The van der Waals surface area contributed by atoms with Gasteiger partial charge in [-0.25, -0.2) is 8.42 Å². The molecular weight excluding hydrogens is 196 g/mol. The van der Waals surface area contributed by atoms with Gasteiger partial charge >= 0.3 is 5.97 Å². The third-order valence-electron chi connectivity index (χ3n) is 2.55. The van der Waals surface area contributed by atoms with Crippen LogP contribution in [0, 0.1) is 5.41 Å². The van der Waals surface area contributed by atoms with Gasteiger partial charge in [0.05, 0.1) is 11.9 Å². The van der Waals surface area contributed by atoms with Crippen LogP contribution < -0.4 is 0 Å². The van der Waals surface area contributed by atoms with Crippen LogP contribution >= 0.6 is 0 Å². The van der Waals surface area contributed by atoms with Crippen LogP contribution in [-0.2, 0) is 14.6 Å². The minimum absolute atomic E-state index is 0.0367. The Kier molecular flexibility index (Phi) is 2.38. The zero-order valence-corrected chi connectivity index (χ0v) is 8.04. The molecule has 0 unspecified atom stereocenters. The van der Waals surface area contributed by atoms with Gasteiger partial charge in [0.25, 0.3) is 0 Å². The van der Waals surface area contributed by atoms with Crippen molar-refractivity contribution in [2.45, 2.75) is 18.6 Å². The van der Waals surface area contributed by atoms with E-state index in [-0.39, 0.29) is 12.2 Å². The first kappa shape index (κ1) is 10.5. The number of carboxylic acids is 1. The van der Waals surface area contributed by atoms with E-state index in [0.29, 0.717) is 0 Å². The quantitative estimate of drug-likeness (QED) is 0.634. The Morgan fingerprint density at radius 1 is 1.62 bits per heavy atom. The lowest BCUT2D eigenvalue weighted by Crippen LogP contribution is -2.28. The highest BCUT2D eigenvalue weighted by atomic mass is 32.2. The van der Waals surface area contributed by atoms with Crippen LogP contribution in [0.3, 0.4) is 0 Å². The highest BCUT2D eigenvalue weighted by Crippen LogP contribution is 2.50. The molecule has 1 aliphatic carbocycles. The summed E-state index contributed by atoms with van der Waals surface area (Å²) >= 11 is 0. The standard InChI is InChI=1S/C7H12O5S/c1-2-13(11,12)5-3-7(5,4-8)6(9)10/h5,8H,2-4H2,1H3,(H,9,10)/t5-,7-/m0/s1. The van der Waals surface area contributed by atoms with Crippen molar-refractivity contribution >= 4 is 15.8 Å². The van der Waals surface area contributed by atoms with E-state index in [2.05, 4.69) is 0 Å². The molecule has 0 heterocycles.